The third kappa shape index (κ3) is 2.31. The van der Waals surface area contributed by atoms with Crippen LogP contribution in [-0.4, -0.2) is 26.3 Å². The molecule has 2 heterocycles. The van der Waals surface area contributed by atoms with Crippen LogP contribution >= 0.6 is 11.6 Å². The zero-order valence-corrected chi connectivity index (χ0v) is 8.89. The van der Waals surface area contributed by atoms with Crippen molar-refractivity contribution in [2.75, 3.05) is 5.32 Å². The van der Waals surface area contributed by atoms with Gasteiger partial charge in [0.1, 0.15) is 0 Å². The molecule has 0 aliphatic rings. The van der Waals surface area contributed by atoms with Crippen LogP contribution in [0.25, 0.3) is 0 Å². The summed E-state index contributed by atoms with van der Waals surface area (Å²) >= 11 is 5.53. The number of carbonyl (C=O) groups is 1. The van der Waals surface area contributed by atoms with Crippen LogP contribution in [0.3, 0.4) is 0 Å². The van der Waals surface area contributed by atoms with Gasteiger partial charge >= 0.3 is 6.01 Å². The number of hydrogen-bond donors (Lipinski definition) is 1. The Bertz CT molecular complexity index is 509. The Hall–Kier alpha value is -2.02. The summed E-state index contributed by atoms with van der Waals surface area (Å²) in [5.41, 5.74) is 0.111. The molecule has 16 heavy (non-hydrogen) atoms. The monoisotopic (exact) mass is 239 g/mol. The fourth-order valence-electron chi connectivity index (χ4n) is 0.945. The van der Waals surface area contributed by atoms with Crippen molar-refractivity contribution >= 4 is 23.5 Å². The fourth-order valence-corrected chi connectivity index (χ4v) is 1.05. The fraction of sp³-hybridized carbons (Fsp3) is 0.125. The van der Waals surface area contributed by atoms with Gasteiger partial charge < -0.3 is 4.42 Å². The zero-order valence-electron chi connectivity index (χ0n) is 8.14. The lowest BCUT2D eigenvalue weighted by atomic mass is 10.4. The molecule has 1 N–H and O–H groups in total. The minimum absolute atomic E-state index is 0.0132. The zero-order chi connectivity index (χ0) is 11.5. The molecule has 8 heteroatoms. The van der Waals surface area contributed by atoms with E-state index in [1.807, 2.05) is 0 Å². The average molecular weight is 240 g/mol. The molecule has 0 radical (unpaired) electrons. The second-order valence-corrected chi connectivity index (χ2v) is 3.21. The van der Waals surface area contributed by atoms with E-state index in [4.69, 9.17) is 16.0 Å². The van der Waals surface area contributed by atoms with Gasteiger partial charge in [0, 0.05) is 6.92 Å². The van der Waals surface area contributed by atoms with Crippen molar-refractivity contribution in [3.63, 3.8) is 0 Å². The van der Waals surface area contributed by atoms with E-state index in [0.29, 0.717) is 5.89 Å². The summed E-state index contributed by atoms with van der Waals surface area (Å²) in [6, 6.07) is 2.91. The number of rotatable bonds is 2. The number of anilines is 1. The highest BCUT2D eigenvalue weighted by molar-refractivity contribution is 6.29. The SMILES string of the molecule is Cc1nnc(NC(=O)c2ccc(Cl)nn2)o1. The minimum Gasteiger partial charge on any atom is -0.408 e. The van der Waals surface area contributed by atoms with Crippen LogP contribution in [0.15, 0.2) is 16.5 Å². The Morgan fingerprint density at radius 3 is 2.69 bits per heavy atom. The second kappa shape index (κ2) is 4.23. The van der Waals surface area contributed by atoms with Gasteiger partial charge in [0.25, 0.3) is 5.91 Å². The number of nitrogens with one attached hydrogen (secondary N) is 1. The van der Waals surface area contributed by atoms with E-state index < -0.39 is 5.91 Å². The van der Waals surface area contributed by atoms with Gasteiger partial charge in [-0.25, -0.2) is 0 Å². The Balaban J connectivity index is 2.11. The summed E-state index contributed by atoms with van der Waals surface area (Å²) in [5, 5.41) is 16.9. The van der Waals surface area contributed by atoms with Gasteiger partial charge in [-0.1, -0.05) is 16.7 Å². The van der Waals surface area contributed by atoms with Crippen molar-refractivity contribution in [1.29, 1.82) is 0 Å². The van der Waals surface area contributed by atoms with Crippen LogP contribution < -0.4 is 5.32 Å². The van der Waals surface area contributed by atoms with Crippen LogP contribution in [-0.2, 0) is 0 Å². The first-order valence-electron chi connectivity index (χ1n) is 4.26. The molecular formula is C8H6ClN5O2. The van der Waals surface area contributed by atoms with Crippen LogP contribution in [0.1, 0.15) is 16.4 Å². The standard InChI is InChI=1S/C8H6ClN5O2/c1-4-11-14-8(16-4)10-7(15)5-2-3-6(9)13-12-5/h2-3H,1H3,(H,10,14,15). The molecule has 0 spiro atoms. The quantitative estimate of drug-likeness (QED) is 0.843. The largest absolute Gasteiger partial charge is 0.408 e. The number of halogens is 1. The molecule has 2 aromatic heterocycles. The van der Waals surface area contributed by atoms with Crippen LogP contribution in [0, 0.1) is 6.92 Å². The highest BCUT2D eigenvalue weighted by Crippen LogP contribution is 2.07. The lowest BCUT2D eigenvalue weighted by molar-refractivity contribution is 0.101. The molecule has 82 valence electrons. The number of nitrogens with zero attached hydrogens (tertiary/aromatic N) is 4. The molecule has 2 rings (SSSR count). The first-order valence-corrected chi connectivity index (χ1v) is 4.63. The molecule has 0 bridgehead atoms. The van der Waals surface area contributed by atoms with E-state index in [-0.39, 0.29) is 16.9 Å². The van der Waals surface area contributed by atoms with E-state index >= 15 is 0 Å². The molecule has 2 aromatic rings. The van der Waals surface area contributed by atoms with Gasteiger partial charge in [0.05, 0.1) is 0 Å². The van der Waals surface area contributed by atoms with Gasteiger partial charge in [0.15, 0.2) is 10.8 Å². The molecule has 1 amide bonds. The molecule has 0 saturated carbocycles. The highest BCUT2D eigenvalue weighted by atomic mass is 35.5. The summed E-state index contributed by atoms with van der Waals surface area (Å²) in [6.45, 7) is 1.62. The summed E-state index contributed by atoms with van der Waals surface area (Å²) in [6.07, 6.45) is 0. The van der Waals surface area contributed by atoms with Crippen molar-refractivity contribution in [3.8, 4) is 0 Å². The van der Waals surface area contributed by atoms with Crippen LogP contribution in [0.4, 0.5) is 6.01 Å². The van der Waals surface area contributed by atoms with Crippen molar-refractivity contribution in [2.45, 2.75) is 6.92 Å². The van der Waals surface area contributed by atoms with Gasteiger partial charge in [-0.05, 0) is 12.1 Å². The number of amides is 1. The lowest BCUT2D eigenvalue weighted by Gasteiger charge is -1.97. The third-order valence-electron chi connectivity index (χ3n) is 1.61. The second-order valence-electron chi connectivity index (χ2n) is 2.82. The van der Waals surface area contributed by atoms with Crippen molar-refractivity contribution in [1.82, 2.24) is 20.4 Å². The summed E-state index contributed by atoms with van der Waals surface area (Å²) < 4.78 is 4.97. The van der Waals surface area contributed by atoms with E-state index in [9.17, 15) is 4.79 Å². The number of aryl methyl sites for hydroxylation is 1. The first-order chi connectivity index (χ1) is 7.65. The summed E-state index contributed by atoms with van der Waals surface area (Å²) in [5.74, 6) is -0.134. The van der Waals surface area contributed by atoms with Crippen LogP contribution in [0.5, 0.6) is 0 Å². The number of carbonyl (C=O) groups excluding carboxylic acids is 1. The molecule has 0 atom stereocenters. The number of hydrogen-bond acceptors (Lipinski definition) is 6. The predicted molar refractivity (Wildman–Crippen MR) is 54.0 cm³/mol. The van der Waals surface area contributed by atoms with E-state index in [0.717, 1.165) is 0 Å². The molecule has 0 saturated heterocycles. The molecule has 7 nitrogen and oxygen atoms in total. The summed E-state index contributed by atoms with van der Waals surface area (Å²) in [7, 11) is 0. The van der Waals surface area contributed by atoms with Crippen molar-refractivity contribution in [2.24, 2.45) is 0 Å². The maximum Gasteiger partial charge on any atom is 0.322 e. The van der Waals surface area contributed by atoms with Crippen LogP contribution in [0.2, 0.25) is 5.15 Å². The Labute approximate surface area is 94.8 Å². The van der Waals surface area contributed by atoms with E-state index in [2.05, 4.69) is 25.7 Å². The lowest BCUT2D eigenvalue weighted by Crippen LogP contribution is -2.14. The van der Waals surface area contributed by atoms with E-state index in [1.165, 1.54) is 12.1 Å². The highest BCUT2D eigenvalue weighted by Gasteiger charge is 2.11. The molecule has 0 aromatic carbocycles. The van der Waals surface area contributed by atoms with Crippen molar-refractivity contribution < 1.29 is 9.21 Å². The van der Waals surface area contributed by atoms with Gasteiger partial charge in [-0.3, -0.25) is 10.1 Å². The molecular weight excluding hydrogens is 234 g/mol. The first kappa shape index (κ1) is 10.5. The van der Waals surface area contributed by atoms with Gasteiger partial charge in [0.2, 0.25) is 5.89 Å². The smallest absolute Gasteiger partial charge is 0.322 e. The maximum atomic E-state index is 11.6. The van der Waals surface area contributed by atoms with Crippen molar-refractivity contribution in [3.05, 3.63) is 28.9 Å². The maximum absolute atomic E-state index is 11.6. The third-order valence-corrected chi connectivity index (χ3v) is 1.81. The Morgan fingerprint density at radius 1 is 1.31 bits per heavy atom. The Kier molecular flexibility index (Phi) is 2.78. The molecule has 0 aliphatic carbocycles. The molecule has 0 aliphatic heterocycles. The van der Waals surface area contributed by atoms with Gasteiger partial charge in [-0.2, -0.15) is 0 Å². The topological polar surface area (TPSA) is 93.8 Å². The predicted octanol–water partition coefficient (Wildman–Crippen LogP) is 1.07. The number of aromatic nitrogens is 4. The minimum atomic E-state index is -0.493. The Morgan fingerprint density at radius 2 is 2.12 bits per heavy atom. The average Bonchev–Trinajstić information content (AvgIpc) is 2.65. The van der Waals surface area contributed by atoms with E-state index in [1.54, 1.807) is 6.92 Å². The normalized spacial score (nSPS) is 10.1. The molecule has 0 unspecified atom stereocenters. The molecule has 0 fully saturated rings. The van der Waals surface area contributed by atoms with Gasteiger partial charge in [-0.15, -0.1) is 15.3 Å². The summed E-state index contributed by atoms with van der Waals surface area (Å²) in [4.78, 5) is 11.6.